The zero-order valence-corrected chi connectivity index (χ0v) is 26.7. The lowest BCUT2D eigenvalue weighted by molar-refractivity contribution is -0.172. The van der Waals surface area contributed by atoms with Crippen molar-refractivity contribution >= 4 is 35.4 Å². The van der Waals surface area contributed by atoms with Crippen molar-refractivity contribution in [2.24, 2.45) is 5.92 Å². The molecule has 2 aromatic rings. The van der Waals surface area contributed by atoms with Crippen LogP contribution in [0.25, 0.3) is 0 Å². The molecule has 0 bridgehead atoms. The van der Waals surface area contributed by atoms with Crippen molar-refractivity contribution in [1.82, 2.24) is 20.6 Å². The second-order valence-electron chi connectivity index (χ2n) is 11.3. The van der Waals surface area contributed by atoms with Crippen molar-refractivity contribution in [3.05, 3.63) is 70.7 Å². The number of ether oxygens (including phenoxy) is 1. The molecule has 2 atom stereocenters. The molecule has 1 aliphatic carbocycles. The molecule has 0 aromatic heterocycles. The predicted molar refractivity (Wildman–Crippen MR) is 168 cm³/mol. The molecule has 0 radical (unpaired) electrons. The van der Waals surface area contributed by atoms with Crippen molar-refractivity contribution in [2.75, 3.05) is 27.7 Å². The molecule has 0 spiro atoms. The molecule has 4 amide bonds. The molecule has 2 N–H and O–H groups in total. The van der Waals surface area contributed by atoms with Gasteiger partial charge in [0.1, 0.15) is 18.7 Å². The van der Waals surface area contributed by atoms with Gasteiger partial charge in [-0.2, -0.15) is 0 Å². The number of rotatable bonds is 15. The number of halogens is 1. The van der Waals surface area contributed by atoms with Crippen LogP contribution in [0.4, 0.5) is 4.79 Å². The first-order valence-corrected chi connectivity index (χ1v) is 15.6. The Morgan fingerprint density at radius 3 is 2.32 bits per heavy atom. The minimum Gasteiger partial charge on any atom is -0.445 e. The summed E-state index contributed by atoms with van der Waals surface area (Å²) in [5.41, 5.74) is 1.84. The molecule has 2 aromatic carbocycles. The first kappa shape index (κ1) is 34.9. The van der Waals surface area contributed by atoms with Gasteiger partial charge in [-0.3, -0.25) is 19.2 Å². The van der Waals surface area contributed by atoms with Crippen molar-refractivity contribution in [2.45, 2.75) is 76.5 Å². The van der Waals surface area contributed by atoms with Crippen molar-refractivity contribution in [3.63, 3.8) is 0 Å². The second-order valence-corrected chi connectivity index (χ2v) is 11.7. The third-order valence-corrected chi connectivity index (χ3v) is 8.25. The first-order chi connectivity index (χ1) is 21.2. The molecule has 10 nitrogen and oxygen atoms in total. The van der Waals surface area contributed by atoms with E-state index in [2.05, 4.69) is 10.6 Å². The molecule has 1 saturated carbocycles. The molecular formula is C33H45ClN4O6. The summed E-state index contributed by atoms with van der Waals surface area (Å²) in [6.07, 6.45) is 5.70. The fraction of sp³-hybridized carbons (Fsp3) is 0.515. The van der Waals surface area contributed by atoms with Crippen LogP contribution in [0, 0.1) is 5.92 Å². The summed E-state index contributed by atoms with van der Waals surface area (Å²) >= 11 is 6.03. The summed E-state index contributed by atoms with van der Waals surface area (Å²) < 4.78 is 5.39. The number of hydrogen-bond donors (Lipinski definition) is 2. The number of benzene rings is 2. The number of carbonyl (C=O) groups excluding carboxylic acids is 4. The van der Waals surface area contributed by atoms with Gasteiger partial charge in [-0.05, 0) is 48.4 Å². The van der Waals surface area contributed by atoms with Gasteiger partial charge >= 0.3 is 6.09 Å². The number of carbonyl (C=O) groups is 4. The van der Waals surface area contributed by atoms with Gasteiger partial charge < -0.3 is 20.3 Å². The van der Waals surface area contributed by atoms with Gasteiger partial charge in [0, 0.05) is 32.1 Å². The Morgan fingerprint density at radius 2 is 1.64 bits per heavy atom. The number of hydroxylamine groups is 2. The molecule has 0 saturated heterocycles. The van der Waals surface area contributed by atoms with E-state index < -0.39 is 30.0 Å². The second kappa shape index (κ2) is 18.2. The summed E-state index contributed by atoms with van der Waals surface area (Å²) in [5, 5.41) is 7.06. The monoisotopic (exact) mass is 628 g/mol. The third kappa shape index (κ3) is 11.8. The van der Waals surface area contributed by atoms with E-state index in [1.54, 1.807) is 36.2 Å². The van der Waals surface area contributed by atoms with Gasteiger partial charge in [-0.25, -0.2) is 9.86 Å². The highest BCUT2D eigenvalue weighted by Crippen LogP contribution is 2.27. The molecule has 44 heavy (non-hydrogen) atoms. The van der Waals surface area contributed by atoms with Gasteiger partial charge in [0.05, 0.1) is 7.11 Å². The Hall–Kier alpha value is -3.63. The fourth-order valence-corrected chi connectivity index (χ4v) is 5.52. The average molecular weight is 629 g/mol. The normalized spacial score (nSPS) is 14.6. The molecule has 11 heteroatoms. The number of nitrogens with one attached hydrogen (secondary N) is 2. The molecule has 240 valence electrons. The van der Waals surface area contributed by atoms with E-state index in [4.69, 9.17) is 21.2 Å². The fourth-order valence-electron chi connectivity index (χ4n) is 5.31. The summed E-state index contributed by atoms with van der Waals surface area (Å²) in [7, 11) is 4.52. The van der Waals surface area contributed by atoms with Crippen LogP contribution < -0.4 is 10.6 Å². The molecule has 0 aliphatic heterocycles. The van der Waals surface area contributed by atoms with Crippen molar-refractivity contribution < 1.29 is 28.8 Å². The van der Waals surface area contributed by atoms with Gasteiger partial charge in [-0.15, -0.1) is 0 Å². The number of alkyl carbamates (subject to hydrolysis) is 1. The summed E-state index contributed by atoms with van der Waals surface area (Å²) in [6.45, 7) is 0.514. The highest BCUT2D eigenvalue weighted by atomic mass is 35.5. The molecular weight excluding hydrogens is 584 g/mol. The van der Waals surface area contributed by atoms with Crippen LogP contribution in [0.2, 0.25) is 5.02 Å². The summed E-state index contributed by atoms with van der Waals surface area (Å²) in [4.78, 5) is 59.2. The van der Waals surface area contributed by atoms with E-state index in [-0.39, 0.29) is 31.3 Å². The van der Waals surface area contributed by atoms with Crippen molar-refractivity contribution in [3.8, 4) is 0 Å². The van der Waals surface area contributed by atoms with E-state index in [0.29, 0.717) is 30.0 Å². The van der Waals surface area contributed by atoms with Gasteiger partial charge in [0.15, 0.2) is 0 Å². The first-order valence-electron chi connectivity index (χ1n) is 15.2. The summed E-state index contributed by atoms with van der Waals surface area (Å²) in [5.74, 6) is -0.901. The Balaban J connectivity index is 1.64. The Labute approximate surface area is 265 Å². The quantitative estimate of drug-likeness (QED) is 0.271. The smallest absolute Gasteiger partial charge is 0.408 e. The molecule has 1 aliphatic rings. The van der Waals surface area contributed by atoms with Gasteiger partial charge in [-0.1, -0.05) is 86.2 Å². The SMILES string of the molecule is CON(C)C(=O)[C@H](CCC(=O)N(C)CCc1ccccc1)NC(=O)[C@H](CC1CCCCC1)NC(=O)OCc1cccc(Cl)c1. The number of amides is 4. The minimum atomic E-state index is -1.03. The average Bonchev–Trinajstić information content (AvgIpc) is 3.04. The predicted octanol–water partition coefficient (Wildman–Crippen LogP) is 4.89. The maximum absolute atomic E-state index is 13.6. The number of likely N-dealkylation sites (N-methyl/N-ethyl adjacent to an activating group) is 2. The lowest BCUT2D eigenvalue weighted by Gasteiger charge is -2.29. The Kier molecular flexibility index (Phi) is 14.5. The van der Waals surface area contributed by atoms with Gasteiger partial charge in [0.25, 0.3) is 5.91 Å². The highest BCUT2D eigenvalue weighted by Gasteiger charge is 2.31. The van der Waals surface area contributed by atoms with Crippen LogP contribution in [0.3, 0.4) is 0 Å². The lowest BCUT2D eigenvalue weighted by Crippen LogP contribution is -2.54. The van der Waals surface area contributed by atoms with E-state index in [1.165, 1.54) is 14.2 Å². The molecule has 1 fully saturated rings. The molecule has 3 rings (SSSR count). The largest absolute Gasteiger partial charge is 0.445 e. The summed E-state index contributed by atoms with van der Waals surface area (Å²) in [6, 6.07) is 14.9. The number of nitrogens with zero attached hydrogens (tertiary/aromatic N) is 2. The topological polar surface area (TPSA) is 117 Å². The van der Waals surface area contributed by atoms with Crippen LogP contribution in [0.1, 0.15) is 62.5 Å². The zero-order chi connectivity index (χ0) is 31.9. The van der Waals surface area contributed by atoms with Crippen LogP contribution >= 0.6 is 11.6 Å². The van der Waals surface area contributed by atoms with Crippen molar-refractivity contribution in [1.29, 1.82) is 0 Å². The zero-order valence-electron chi connectivity index (χ0n) is 25.9. The maximum Gasteiger partial charge on any atom is 0.408 e. The van der Waals surface area contributed by atoms with Gasteiger partial charge in [0.2, 0.25) is 11.8 Å². The van der Waals surface area contributed by atoms with E-state index in [0.717, 1.165) is 42.7 Å². The highest BCUT2D eigenvalue weighted by molar-refractivity contribution is 6.30. The van der Waals surface area contributed by atoms with E-state index in [1.807, 2.05) is 30.3 Å². The number of hydrogen-bond acceptors (Lipinski definition) is 6. The van der Waals surface area contributed by atoms with Crippen LogP contribution in [0.5, 0.6) is 0 Å². The van der Waals surface area contributed by atoms with Crippen LogP contribution in [0.15, 0.2) is 54.6 Å². The Bertz CT molecular complexity index is 1220. The van der Waals surface area contributed by atoms with E-state index in [9.17, 15) is 19.2 Å². The standard InChI is InChI=1S/C33H45ClN4O6/c1-37(20-19-24-11-6-4-7-12-24)30(39)18-17-28(32(41)38(2)43-3)35-31(40)29(22-25-13-8-5-9-14-25)36-33(42)44-23-26-15-10-16-27(34)21-26/h4,6-7,10-12,15-16,21,25,28-29H,5,8-9,13-14,17-20,22-23H2,1-3H3,(H,35,40)(H,36,42)/t28-,29-/m0/s1. The van der Waals surface area contributed by atoms with Crippen LogP contribution in [-0.2, 0) is 37.0 Å². The van der Waals surface area contributed by atoms with E-state index >= 15 is 0 Å². The third-order valence-electron chi connectivity index (χ3n) is 8.01. The Morgan fingerprint density at radius 1 is 0.932 bits per heavy atom. The lowest BCUT2D eigenvalue weighted by atomic mass is 9.84. The maximum atomic E-state index is 13.6. The van der Waals surface area contributed by atoms with Crippen LogP contribution in [-0.4, -0.2) is 73.6 Å². The molecule has 0 unspecified atom stereocenters. The molecule has 0 heterocycles. The minimum absolute atomic E-state index is 0.0101.